The first kappa shape index (κ1) is 28.6. The Kier molecular flexibility index (Phi) is 22.0. The SMILES string of the molecule is CCCCCCCC/C=C/CCCCCCCCCCCC(N)(CCO)CCO. The Bertz CT molecular complexity index is 338. The monoisotopic (exact) mass is 411 g/mol. The summed E-state index contributed by atoms with van der Waals surface area (Å²) in [6.45, 7) is 2.51. The maximum absolute atomic E-state index is 9.12. The molecular formula is C26H53NO2. The van der Waals surface area contributed by atoms with Gasteiger partial charge in [-0.1, -0.05) is 103 Å². The third kappa shape index (κ3) is 20.7. The van der Waals surface area contributed by atoms with Crippen LogP contribution in [0.4, 0.5) is 0 Å². The second kappa shape index (κ2) is 22.3. The molecule has 0 heterocycles. The quantitative estimate of drug-likeness (QED) is 0.125. The van der Waals surface area contributed by atoms with Gasteiger partial charge in [-0.3, -0.25) is 0 Å². The second-order valence-corrected chi connectivity index (χ2v) is 9.06. The zero-order valence-corrected chi connectivity index (χ0v) is 19.7. The molecule has 0 aliphatic heterocycles. The number of aliphatic hydroxyl groups is 2. The first-order chi connectivity index (χ1) is 14.2. The van der Waals surface area contributed by atoms with Crippen molar-refractivity contribution in [3.8, 4) is 0 Å². The first-order valence-electron chi connectivity index (χ1n) is 12.8. The Morgan fingerprint density at radius 2 is 0.931 bits per heavy atom. The highest BCUT2D eigenvalue weighted by Crippen LogP contribution is 2.21. The van der Waals surface area contributed by atoms with Gasteiger partial charge in [-0.15, -0.1) is 0 Å². The van der Waals surface area contributed by atoms with Crippen molar-refractivity contribution in [1.82, 2.24) is 0 Å². The van der Waals surface area contributed by atoms with Crippen LogP contribution in [-0.4, -0.2) is 29.0 Å². The van der Waals surface area contributed by atoms with Crippen molar-refractivity contribution in [3.05, 3.63) is 12.2 Å². The number of hydrogen-bond donors (Lipinski definition) is 3. The van der Waals surface area contributed by atoms with Crippen LogP contribution >= 0.6 is 0 Å². The van der Waals surface area contributed by atoms with Crippen molar-refractivity contribution < 1.29 is 10.2 Å². The minimum Gasteiger partial charge on any atom is -0.396 e. The summed E-state index contributed by atoms with van der Waals surface area (Å²) in [4.78, 5) is 0. The molecule has 0 saturated heterocycles. The van der Waals surface area contributed by atoms with Crippen molar-refractivity contribution in [1.29, 1.82) is 0 Å². The van der Waals surface area contributed by atoms with E-state index < -0.39 is 0 Å². The topological polar surface area (TPSA) is 66.5 Å². The lowest BCUT2D eigenvalue weighted by Crippen LogP contribution is -2.41. The molecule has 29 heavy (non-hydrogen) atoms. The van der Waals surface area contributed by atoms with Crippen LogP contribution in [0, 0.1) is 0 Å². The summed E-state index contributed by atoms with van der Waals surface area (Å²) in [5.74, 6) is 0. The molecular weight excluding hydrogens is 358 g/mol. The highest BCUT2D eigenvalue weighted by atomic mass is 16.3. The van der Waals surface area contributed by atoms with Gasteiger partial charge in [0.25, 0.3) is 0 Å². The highest BCUT2D eigenvalue weighted by molar-refractivity contribution is 4.83. The van der Waals surface area contributed by atoms with E-state index in [1.165, 1.54) is 103 Å². The van der Waals surface area contributed by atoms with Gasteiger partial charge in [0, 0.05) is 18.8 Å². The number of allylic oxidation sites excluding steroid dienone is 2. The number of hydrogen-bond acceptors (Lipinski definition) is 3. The molecule has 4 N–H and O–H groups in total. The van der Waals surface area contributed by atoms with E-state index in [0.29, 0.717) is 12.8 Å². The average Bonchev–Trinajstić information content (AvgIpc) is 2.70. The van der Waals surface area contributed by atoms with Crippen LogP contribution < -0.4 is 5.73 Å². The van der Waals surface area contributed by atoms with E-state index in [1.54, 1.807) is 0 Å². The summed E-state index contributed by atoms with van der Waals surface area (Å²) < 4.78 is 0. The number of rotatable bonds is 23. The van der Waals surface area contributed by atoms with Crippen LogP contribution in [0.25, 0.3) is 0 Å². The Hall–Kier alpha value is -0.380. The van der Waals surface area contributed by atoms with Crippen LogP contribution in [-0.2, 0) is 0 Å². The summed E-state index contributed by atoms with van der Waals surface area (Å²) in [5, 5.41) is 18.2. The van der Waals surface area contributed by atoms with Crippen LogP contribution in [0.3, 0.4) is 0 Å². The molecule has 0 aromatic heterocycles. The lowest BCUT2D eigenvalue weighted by molar-refractivity contribution is 0.183. The minimum atomic E-state index is -0.368. The molecule has 0 rings (SSSR count). The summed E-state index contributed by atoms with van der Waals surface area (Å²) in [6.07, 6.45) is 29.6. The van der Waals surface area contributed by atoms with Gasteiger partial charge in [-0.2, -0.15) is 0 Å². The van der Waals surface area contributed by atoms with E-state index in [9.17, 15) is 0 Å². The third-order valence-electron chi connectivity index (χ3n) is 6.16. The van der Waals surface area contributed by atoms with Gasteiger partial charge in [0.1, 0.15) is 0 Å². The van der Waals surface area contributed by atoms with Gasteiger partial charge in [0.05, 0.1) is 0 Å². The van der Waals surface area contributed by atoms with Gasteiger partial charge >= 0.3 is 0 Å². The van der Waals surface area contributed by atoms with E-state index in [1.807, 2.05) is 0 Å². The van der Waals surface area contributed by atoms with Crippen molar-refractivity contribution in [2.45, 2.75) is 141 Å². The van der Waals surface area contributed by atoms with E-state index in [2.05, 4.69) is 19.1 Å². The molecule has 0 bridgehead atoms. The predicted molar refractivity (Wildman–Crippen MR) is 128 cm³/mol. The molecule has 0 aliphatic carbocycles. The molecule has 0 aliphatic rings. The zero-order chi connectivity index (χ0) is 21.5. The van der Waals surface area contributed by atoms with Crippen molar-refractivity contribution in [2.75, 3.05) is 13.2 Å². The van der Waals surface area contributed by atoms with E-state index in [-0.39, 0.29) is 18.8 Å². The average molecular weight is 412 g/mol. The van der Waals surface area contributed by atoms with E-state index in [0.717, 1.165) is 12.8 Å². The first-order valence-corrected chi connectivity index (χ1v) is 12.8. The third-order valence-corrected chi connectivity index (χ3v) is 6.16. The summed E-state index contributed by atoms with van der Waals surface area (Å²) in [7, 11) is 0. The largest absolute Gasteiger partial charge is 0.396 e. The fourth-order valence-corrected chi connectivity index (χ4v) is 4.08. The zero-order valence-electron chi connectivity index (χ0n) is 19.7. The van der Waals surface area contributed by atoms with Crippen LogP contribution in [0.15, 0.2) is 12.2 Å². The van der Waals surface area contributed by atoms with Gasteiger partial charge in [-0.05, 0) is 44.9 Å². The molecule has 3 nitrogen and oxygen atoms in total. The molecule has 0 aromatic rings. The number of nitrogens with two attached hydrogens (primary N) is 1. The molecule has 3 heteroatoms. The molecule has 0 atom stereocenters. The Morgan fingerprint density at radius 1 is 0.552 bits per heavy atom. The molecule has 0 saturated carbocycles. The molecule has 0 aromatic carbocycles. The lowest BCUT2D eigenvalue weighted by atomic mass is 9.87. The number of aliphatic hydroxyl groups excluding tert-OH is 2. The Balaban J connectivity index is 3.30. The fraction of sp³-hybridized carbons (Fsp3) is 0.923. The van der Waals surface area contributed by atoms with E-state index >= 15 is 0 Å². The molecule has 0 unspecified atom stereocenters. The van der Waals surface area contributed by atoms with Crippen molar-refractivity contribution in [2.24, 2.45) is 5.73 Å². The fourth-order valence-electron chi connectivity index (χ4n) is 4.08. The summed E-state index contributed by atoms with van der Waals surface area (Å²) in [6, 6.07) is 0. The van der Waals surface area contributed by atoms with Gasteiger partial charge in [0.15, 0.2) is 0 Å². The van der Waals surface area contributed by atoms with Crippen LogP contribution in [0.1, 0.15) is 135 Å². The van der Waals surface area contributed by atoms with Crippen molar-refractivity contribution in [3.63, 3.8) is 0 Å². The molecule has 174 valence electrons. The molecule has 0 fully saturated rings. The normalized spacial score (nSPS) is 12.3. The second-order valence-electron chi connectivity index (χ2n) is 9.06. The van der Waals surface area contributed by atoms with Gasteiger partial charge < -0.3 is 15.9 Å². The smallest absolute Gasteiger partial charge is 0.0448 e. The lowest BCUT2D eigenvalue weighted by Gasteiger charge is -2.28. The summed E-state index contributed by atoms with van der Waals surface area (Å²) >= 11 is 0. The Labute approximate surface area is 182 Å². The standard InChI is InChI=1S/C26H53NO2/c1-2-3-4-5-6-7-8-9-10-11-12-13-14-15-16-17-18-19-20-21-26(27,22-24-28)23-25-29/h9-10,28-29H,2-8,11-25,27H2,1H3/b10-9+. The molecule has 0 spiro atoms. The highest BCUT2D eigenvalue weighted by Gasteiger charge is 2.22. The van der Waals surface area contributed by atoms with Gasteiger partial charge in [-0.25, -0.2) is 0 Å². The summed E-state index contributed by atoms with van der Waals surface area (Å²) in [5.41, 5.74) is 5.90. The maximum atomic E-state index is 9.12. The predicted octanol–water partition coefficient (Wildman–Crippen LogP) is 7.05. The van der Waals surface area contributed by atoms with Crippen LogP contribution in [0.2, 0.25) is 0 Å². The Morgan fingerprint density at radius 3 is 1.34 bits per heavy atom. The molecule has 0 amide bonds. The van der Waals surface area contributed by atoms with Crippen molar-refractivity contribution >= 4 is 0 Å². The van der Waals surface area contributed by atoms with Gasteiger partial charge in [0.2, 0.25) is 0 Å². The molecule has 0 radical (unpaired) electrons. The maximum Gasteiger partial charge on any atom is 0.0448 e. The number of unbranched alkanes of at least 4 members (excludes halogenated alkanes) is 15. The van der Waals surface area contributed by atoms with Crippen LogP contribution in [0.5, 0.6) is 0 Å². The van der Waals surface area contributed by atoms with E-state index in [4.69, 9.17) is 15.9 Å². The minimum absolute atomic E-state index is 0.116.